The molecule has 0 aliphatic heterocycles. The van der Waals surface area contributed by atoms with E-state index in [-0.39, 0.29) is 6.04 Å². The first-order chi connectivity index (χ1) is 8.26. The minimum atomic E-state index is -0.138. The van der Waals surface area contributed by atoms with Crippen LogP contribution in [0.3, 0.4) is 0 Å². The monoisotopic (exact) mass is 251 g/mol. The van der Waals surface area contributed by atoms with Gasteiger partial charge in [0, 0.05) is 24.3 Å². The first-order valence-electron chi connectivity index (χ1n) is 5.65. The van der Waals surface area contributed by atoms with Gasteiger partial charge in [0.1, 0.15) is 11.9 Å². The summed E-state index contributed by atoms with van der Waals surface area (Å²) in [6.45, 7) is 5.07. The zero-order valence-electron chi connectivity index (χ0n) is 10.1. The average Bonchev–Trinajstić information content (AvgIpc) is 2.91. The third kappa shape index (κ3) is 2.54. The Morgan fingerprint density at radius 2 is 2.41 bits per heavy atom. The second-order valence-corrected chi connectivity index (χ2v) is 4.93. The molecule has 6 heteroatoms. The Kier molecular flexibility index (Phi) is 3.88. The average molecular weight is 251 g/mol. The molecule has 0 radical (unpaired) electrons. The molecule has 1 unspecified atom stereocenters. The molecule has 5 nitrogen and oxygen atoms in total. The minimum absolute atomic E-state index is 0.138. The molecule has 2 aromatic heterocycles. The minimum Gasteiger partial charge on any atom is -0.333 e. The summed E-state index contributed by atoms with van der Waals surface area (Å²) in [6.07, 6.45) is 4.84. The number of nitrogens with zero attached hydrogens (tertiary/aromatic N) is 3. The van der Waals surface area contributed by atoms with Crippen molar-refractivity contribution >= 4 is 11.3 Å². The lowest BCUT2D eigenvalue weighted by Crippen LogP contribution is -2.31. The van der Waals surface area contributed by atoms with Crippen LogP contribution in [0.2, 0.25) is 0 Å². The topological polar surface area (TPSA) is 68.8 Å². The molecule has 0 spiro atoms. The van der Waals surface area contributed by atoms with Gasteiger partial charge in [-0.25, -0.2) is 15.4 Å². The smallest absolute Gasteiger partial charge is 0.133 e. The Morgan fingerprint density at radius 1 is 1.59 bits per heavy atom. The quantitative estimate of drug-likeness (QED) is 0.626. The number of aromatic nitrogens is 3. The van der Waals surface area contributed by atoms with Crippen LogP contribution in [0.4, 0.5) is 0 Å². The Balaban J connectivity index is 2.31. The maximum Gasteiger partial charge on any atom is 0.133 e. The van der Waals surface area contributed by atoms with Crippen molar-refractivity contribution in [3.63, 3.8) is 0 Å². The molecule has 0 amide bonds. The number of hydrogen-bond acceptors (Lipinski definition) is 5. The summed E-state index contributed by atoms with van der Waals surface area (Å²) in [7, 11) is 0. The summed E-state index contributed by atoms with van der Waals surface area (Å²) >= 11 is 1.62. The third-order valence-electron chi connectivity index (χ3n) is 2.57. The van der Waals surface area contributed by atoms with Crippen molar-refractivity contribution in [1.29, 1.82) is 0 Å². The van der Waals surface area contributed by atoms with Crippen LogP contribution in [0.5, 0.6) is 0 Å². The second kappa shape index (κ2) is 5.39. The lowest BCUT2D eigenvalue weighted by Gasteiger charge is -2.15. The first-order valence-corrected chi connectivity index (χ1v) is 6.53. The van der Waals surface area contributed by atoms with Gasteiger partial charge in [-0.1, -0.05) is 6.92 Å². The highest BCUT2D eigenvalue weighted by molar-refractivity contribution is 7.09. The number of hydrazine groups is 1. The molecule has 0 saturated heterocycles. The molecule has 0 aromatic carbocycles. The van der Waals surface area contributed by atoms with Crippen molar-refractivity contribution in [2.24, 2.45) is 5.84 Å². The number of imidazole rings is 1. The highest BCUT2D eigenvalue weighted by atomic mass is 32.1. The molecule has 0 saturated carbocycles. The van der Waals surface area contributed by atoms with Gasteiger partial charge in [0.15, 0.2) is 0 Å². The van der Waals surface area contributed by atoms with Crippen molar-refractivity contribution in [2.45, 2.75) is 32.9 Å². The fourth-order valence-electron chi connectivity index (χ4n) is 1.82. The zero-order valence-corrected chi connectivity index (χ0v) is 10.9. The predicted molar refractivity (Wildman–Crippen MR) is 68.5 cm³/mol. The number of rotatable bonds is 5. The van der Waals surface area contributed by atoms with Crippen molar-refractivity contribution in [3.05, 3.63) is 34.3 Å². The maximum atomic E-state index is 5.63. The second-order valence-electron chi connectivity index (χ2n) is 3.87. The van der Waals surface area contributed by atoms with Gasteiger partial charge < -0.3 is 4.57 Å². The van der Waals surface area contributed by atoms with E-state index in [4.69, 9.17) is 5.84 Å². The third-order valence-corrected chi connectivity index (χ3v) is 3.36. The van der Waals surface area contributed by atoms with Gasteiger partial charge in [0.25, 0.3) is 0 Å². The van der Waals surface area contributed by atoms with Crippen LogP contribution >= 0.6 is 11.3 Å². The van der Waals surface area contributed by atoms with Crippen LogP contribution in [0.25, 0.3) is 0 Å². The van der Waals surface area contributed by atoms with Gasteiger partial charge in [0.05, 0.1) is 10.7 Å². The van der Waals surface area contributed by atoms with Crippen molar-refractivity contribution in [2.75, 3.05) is 0 Å². The molecule has 2 aromatic rings. The molecule has 2 heterocycles. The normalized spacial score (nSPS) is 12.9. The number of aryl methyl sites for hydroxylation is 2. The summed E-state index contributed by atoms with van der Waals surface area (Å²) in [4.78, 5) is 8.84. The first kappa shape index (κ1) is 12.2. The van der Waals surface area contributed by atoms with E-state index in [9.17, 15) is 0 Å². The number of thiazole rings is 1. The summed E-state index contributed by atoms with van der Waals surface area (Å²) in [5.74, 6) is 6.55. The highest BCUT2D eigenvalue weighted by Gasteiger charge is 2.19. The fourth-order valence-corrected chi connectivity index (χ4v) is 2.45. The number of nitrogens with one attached hydrogen (secondary N) is 1. The molecular weight excluding hydrogens is 234 g/mol. The standard InChI is InChI=1S/C11H17N5S/c1-3-5-16-6-4-13-11(16)10(15-12)9-7-17-8(2)14-9/h4,6-7,10,15H,3,5,12H2,1-2H3. The largest absolute Gasteiger partial charge is 0.333 e. The van der Waals surface area contributed by atoms with Crippen molar-refractivity contribution < 1.29 is 0 Å². The van der Waals surface area contributed by atoms with Crippen LogP contribution < -0.4 is 11.3 Å². The van der Waals surface area contributed by atoms with Crippen LogP contribution in [-0.2, 0) is 6.54 Å². The van der Waals surface area contributed by atoms with E-state index in [1.807, 2.05) is 18.5 Å². The van der Waals surface area contributed by atoms with E-state index >= 15 is 0 Å². The number of nitrogens with two attached hydrogens (primary N) is 1. The van der Waals surface area contributed by atoms with Gasteiger partial charge in [-0.15, -0.1) is 11.3 Å². The van der Waals surface area contributed by atoms with Gasteiger partial charge in [-0.2, -0.15) is 0 Å². The highest BCUT2D eigenvalue weighted by Crippen LogP contribution is 2.21. The molecule has 1 atom stereocenters. The van der Waals surface area contributed by atoms with E-state index < -0.39 is 0 Å². The Hall–Kier alpha value is -1.24. The van der Waals surface area contributed by atoms with Crippen LogP contribution in [-0.4, -0.2) is 14.5 Å². The van der Waals surface area contributed by atoms with Gasteiger partial charge in [-0.05, 0) is 13.3 Å². The van der Waals surface area contributed by atoms with E-state index in [2.05, 4.69) is 26.9 Å². The molecule has 0 fully saturated rings. The molecular formula is C11H17N5S. The van der Waals surface area contributed by atoms with E-state index in [0.29, 0.717) is 0 Å². The summed E-state index contributed by atoms with van der Waals surface area (Å²) < 4.78 is 2.11. The predicted octanol–water partition coefficient (Wildman–Crippen LogP) is 1.61. The van der Waals surface area contributed by atoms with E-state index in [1.165, 1.54) is 0 Å². The Bertz CT molecular complexity index is 476. The number of hydrogen-bond donors (Lipinski definition) is 2. The molecule has 17 heavy (non-hydrogen) atoms. The lowest BCUT2D eigenvalue weighted by molar-refractivity contribution is 0.538. The fraction of sp³-hybridized carbons (Fsp3) is 0.455. The van der Waals surface area contributed by atoms with E-state index in [0.717, 1.165) is 29.5 Å². The summed E-state index contributed by atoms with van der Waals surface area (Å²) in [5, 5.41) is 3.05. The Morgan fingerprint density at radius 3 is 3.00 bits per heavy atom. The van der Waals surface area contributed by atoms with Crippen LogP contribution in [0.15, 0.2) is 17.8 Å². The van der Waals surface area contributed by atoms with Crippen LogP contribution in [0.1, 0.15) is 35.9 Å². The summed E-state index contributed by atoms with van der Waals surface area (Å²) in [5.41, 5.74) is 3.72. The zero-order chi connectivity index (χ0) is 12.3. The van der Waals surface area contributed by atoms with Gasteiger partial charge >= 0.3 is 0 Å². The molecule has 92 valence electrons. The molecule has 2 rings (SSSR count). The van der Waals surface area contributed by atoms with Gasteiger partial charge in [-0.3, -0.25) is 5.84 Å². The summed E-state index contributed by atoms with van der Waals surface area (Å²) in [6, 6.07) is -0.138. The Labute approximate surface area is 105 Å². The van der Waals surface area contributed by atoms with Crippen LogP contribution in [0, 0.1) is 6.92 Å². The SMILES string of the molecule is CCCn1ccnc1C(NN)c1csc(C)n1. The van der Waals surface area contributed by atoms with E-state index in [1.54, 1.807) is 17.5 Å². The molecule has 3 N–H and O–H groups in total. The van der Waals surface area contributed by atoms with Gasteiger partial charge in [0.2, 0.25) is 0 Å². The maximum absolute atomic E-state index is 5.63. The van der Waals surface area contributed by atoms with Crippen molar-refractivity contribution in [1.82, 2.24) is 20.0 Å². The lowest BCUT2D eigenvalue weighted by atomic mass is 10.2. The molecule has 0 aliphatic rings. The van der Waals surface area contributed by atoms with Crippen molar-refractivity contribution in [3.8, 4) is 0 Å². The molecule has 0 aliphatic carbocycles. The molecule has 0 bridgehead atoms.